The maximum absolute atomic E-state index is 11.7. The first-order chi connectivity index (χ1) is 9.22. The Morgan fingerprint density at radius 2 is 2.16 bits per heavy atom. The van der Waals surface area contributed by atoms with Crippen molar-refractivity contribution in [3.8, 4) is 11.8 Å². The lowest BCUT2D eigenvalue weighted by Gasteiger charge is -2.15. The molecule has 102 valence electrons. The van der Waals surface area contributed by atoms with E-state index in [9.17, 15) is 4.79 Å². The lowest BCUT2D eigenvalue weighted by molar-refractivity contribution is -0.125. The van der Waals surface area contributed by atoms with Crippen LogP contribution in [0.4, 0.5) is 0 Å². The molecular weight excluding hydrogens is 246 g/mol. The molecule has 1 aliphatic heterocycles. The number of hydrogen-bond donors (Lipinski definition) is 0. The Morgan fingerprint density at radius 1 is 1.42 bits per heavy atom. The number of likely N-dealkylation sites (tertiary alicyclic amines) is 1. The highest BCUT2D eigenvalue weighted by molar-refractivity contribution is 5.87. The Bertz CT molecular complexity index is 459. The van der Waals surface area contributed by atoms with E-state index in [1.54, 1.807) is 29.2 Å². The first kappa shape index (κ1) is 13.3. The van der Waals surface area contributed by atoms with Crippen LogP contribution in [0.1, 0.15) is 13.3 Å². The van der Waals surface area contributed by atoms with Gasteiger partial charge in [-0.1, -0.05) is 6.08 Å². The second-order valence-electron chi connectivity index (χ2n) is 4.23. The summed E-state index contributed by atoms with van der Waals surface area (Å²) in [6.45, 7) is 3.11. The van der Waals surface area contributed by atoms with Gasteiger partial charge in [0, 0.05) is 25.1 Å². The largest absolute Gasteiger partial charge is 0.480 e. The van der Waals surface area contributed by atoms with Crippen molar-refractivity contribution in [2.45, 2.75) is 19.4 Å². The number of ether oxygens (including phenoxy) is 2. The average Bonchev–Trinajstić information content (AvgIpc) is 2.88. The van der Waals surface area contributed by atoms with Gasteiger partial charge in [-0.15, -0.1) is 10.2 Å². The summed E-state index contributed by atoms with van der Waals surface area (Å²) in [6, 6.07) is 3.41. The normalized spacial score (nSPS) is 18.8. The lowest BCUT2D eigenvalue weighted by atomic mass is 10.3. The highest BCUT2D eigenvalue weighted by Gasteiger charge is 2.26. The maximum Gasteiger partial charge on any atom is 0.246 e. The molecule has 1 atom stereocenters. The smallest absolute Gasteiger partial charge is 0.246 e. The number of rotatable bonds is 4. The van der Waals surface area contributed by atoms with Crippen LogP contribution in [0.5, 0.6) is 11.8 Å². The topological polar surface area (TPSA) is 64.6 Å². The summed E-state index contributed by atoms with van der Waals surface area (Å²) in [5.41, 5.74) is 0. The van der Waals surface area contributed by atoms with Gasteiger partial charge in [0.25, 0.3) is 0 Å². The minimum atomic E-state index is -0.0306. The van der Waals surface area contributed by atoms with Crippen molar-refractivity contribution in [2.24, 2.45) is 0 Å². The highest BCUT2D eigenvalue weighted by Crippen LogP contribution is 2.17. The fourth-order valence-electron chi connectivity index (χ4n) is 1.92. The van der Waals surface area contributed by atoms with E-state index < -0.39 is 0 Å². The van der Waals surface area contributed by atoms with Gasteiger partial charge in [-0.25, -0.2) is 0 Å². The van der Waals surface area contributed by atoms with Gasteiger partial charge < -0.3 is 14.4 Å². The van der Waals surface area contributed by atoms with Gasteiger partial charge in [0.15, 0.2) is 0 Å². The summed E-state index contributed by atoms with van der Waals surface area (Å²) in [5, 5.41) is 7.74. The zero-order valence-electron chi connectivity index (χ0n) is 11.1. The monoisotopic (exact) mass is 263 g/mol. The van der Waals surface area contributed by atoms with E-state index in [4.69, 9.17) is 9.47 Å². The van der Waals surface area contributed by atoms with Crippen LogP contribution in [-0.2, 0) is 4.79 Å². The third kappa shape index (κ3) is 3.43. The Hall–Kier alpha value is -2.11. The fraction of sp³-hybridized carbons (Fsp3) is 0.462. The molecule has 0 spiro atoms. The molecule has 0 aromatic carbocycles. The van der Waals surface area contributed by atoms with E-state index in [0.29, 0.717) is 24.8 Å². The number of amides is 1. The predicted molar refractivity (Wildman–Crippen MR) is 69.0 cm³/mol. The molecule has 2 heterocycles. The van der Waals surface area contributed by atoms with E-state index in [2.05, 4.69) is 10.2 Å². The van der Waals surface area contributed by atoms with Gasteiger partial charge in [-0.2, -0.15) is 0 Å². The molecule has 1 saturated heterocycles. The molecule has 0 saturated carbocycles. The molecule has 0 N–H and O–H groups in total. The van der Waals surface area contributed by atoms with Crippen molar-refractivity contribution in [2.75, 3.05) is 20.2 Å². The van der Waals surface area contributed by atoms with Crippen molar-refractivity contribution in [3.63, 3.8) is 0 Å². The standard InChI is InChI=1S/C13H17N3O3/c1-3-4-13(17)16-8-7-10(9-16)19-12-6-5-11(18-2)14-15-12/h3-6,10H,7-9H2,1-2H3/b4-3+. The van der Waals surface area contributed by atoms with Crippen molar-refractivity contribution < 1.29 is 14.3 Å². The van der Waals surface area contributed by atoms with Crippen molar-refractivity contribution in [3.05, 3.63) is 24.3 Å². The number of carbonyl (C=O) groups excluding carboxylic acids is 1. The molecule has 19 heavy (non-hydrogen) atoms. The SMILES string of the molecule is C/C=C/C(=O)N1CCC(Oc2ccc(OC)nn2)C1. The van der Waals surface area contributed by atoms with Crippen molar-refractivity contribution in [1.82, 2.24) is 15.1 Å². The zero-order chi connectivity index (χ0) is 13.7. The van der Waals surface area contributed by atoms with Crippen LogP contribution in [0.15, 0.2) is 24.3 Å². The molecule has 1 unspecified atom stereocenters. The molecule has 0 bridgehead atoms. The summed E-state index contributed by atoms with van der Waals surface area (Å²) >= 11 is 0. The Labute approximate surface area is 112 Å². The lowest BCUT2D eigenvalue weighted by Crippen LogP contribution is -2.29. The molecule has 6 heteroatoms. The van der Waals surface area contributed by atoms with Crippen molar-refractivity contribution >= 4 is 5.91 Å². The zero-order valence-corrected chi connectivity index (χ0v) is 11.1. The van der Waals surface area contributed by atoms with Crippen LogP contribution in [0.25, 0.3) is 0 Å². The predicted octanol–water partition coefficient (Wildman–Crippen LogP) is 1.04. The van der Waals surface area contributed by atoms with Crippen LogP contribution in [0, 0.1) is 0 Å². The first-order valence-electron chi connectivity index (χ1n) is 6.19. The quantitative estimate of drug-likeness (QED) is 0.759. The molecule has 1 fully saturated rings. The van der Waals surface area contributed by atoms with Crippen LogP contribution in [0.3, 0.4) is 0 Å². The number of carbonyl (C=O) groups is 1. The molecule has 1 aromatic rings. The molecular formula is C13H17N3O3. The Kier molecular flexibility index (Phi) is 4.33. The van der Waals surface area contributed by atoms with E-state index in [1.807, 2.05) is 6.92 Å². The van der Waals surface area contributed by atoms with Gasteiger partial charge in [0.2, 0.25) is 17.7 Å². The summed E-state index contributed by atoms with van der Waals surface area (Å²) < 4.78 is 10.6. The number of hydrogen-bond acceptors (Lipinski definition) is 5. The summed E-state index contributed by atoms with van der Waals surface area (Å²) in [4.78, 5) is 13.4. The minimum absolute atomic E-state index is 0.0226. The number of nitrogens with zero attached hydrogens (tertiary/aromatic N) is 3. The van der Waals surface area contributed by atoms with Gasteiger partial charge in [-0.05, 0) is 13.0 Å². The minimum Gasteiger partial charge on any atom is -0.480 e. The third-order valence-corrected chi connectivity index (χ3v) is 2.88. The van der Waals surface area contributed by atoms with Crippen LogP contribution in [0.2, 0.25) is 0 Å². The van der Waals surface area contributed by atoms with Crippen LogP contribution >= 0.6 is 0 Å². The molecule has 0 radical (unpaired) electrons. The second kappa shape index (κ2) is 6.17. The van der Waals surface area contributed by atoms with Crippen LogP contribution in [-0.4, -0.2) is 47.3 Å². The van der Waals surface area contributed by atoms with E-state index in [1.165, 1.54) is 7.11 Å². The molecule has 2 rings (SSSR count). The molecule has 6 nitrogen and oxygen atoms in total. The van der Waals surface area contributed by atoms with Gasteiger partial charge in [0.05, 0.1) is 13.7 Å². The first-order valence-corrected chi connectivity index (χ1v) is 6.19. The van der Waals surface area contributed by atoms with E-state index in [0.717, 1.165) is 6.42 Å². The molecule has 0 aliphatic carbocycles. The Morgan fingerprint density at radius 3 is 2.79 bits per heavy atom. The highest BCUT2D eigenvalue weighted by atomic mass is 16.5. The summed E-state index contributed by atoms with van der Waals surface area (Å²) in [5.74, 6) is 0.921. The third-order valence-electron chi connectivity index (χ3n) is 2.88. The number of allylic oxidation sites excluding steroid dienone is 1. The Balaban J connectivity index is 1.89. The summed E-state index contributed by atoms with van der Waals surface area (Å²) in [6.07, 6.45) is 4.08. The molecule has 1 aliphatic rings. The van der Waals surface area contributed by atoms with E-state index >= 15 is 0 Å². The fourth-order valence-corrected chi connectivity index (χ4v) is 1.92. The molecule has 1 amide bonds. The van der Waals surface area contributed by atoms with Crippen molar-refractivity contribution in [1.29, 1.82) is 0 Å². The van der Waals surface area contributed by atoms with Gasteiger partial charge in [0.1, 0.15) is 6.10 Å². The van der Waals surface area contributed by atoms with E-state index in [-0.39, 0.29) is 12.0 Å². The van der Waals surface area contributed by atoms with Gasteiger partial charge in [-0.3, -0.25) is 4.79 Å². The maximum atomic E-state index is 11.7. The number of methoxy groups -OCH3 is 1. The van der Waals surface area contributed by atoms with Gasteiger partial charge >= 0.3 is 0 Å². The van der Waals surface area contributed by atoms with Crippen LogP contribution < -0.4 is 9.47 Å². The average molecular weight is 263 g/mol. The summed E-state index contributed by atoms with van der Waals surface area (Å²) in [7, 11) is 1.53. The number of aromatic nitrogens is 2. The second-order valence-corrected chi connectivity index (χ2v) is 4.23. The molecule has 1 aromatic heterocycles.